The Morgan fingerprint density at radius 2 is 1.67 bits per heavy atom. The molecule has 0 saturated carbocycles. The zero-order valence-corrected chi connectivity index (χ0v) is 15.1. The average Bonchev–Trinajstić information content (AvgIpc) is 2.58. The van der Waals surface area contributed by atoms with Crippen molar-refractivity contribution in [3.8, 4) is 0 Å². The molecule has 1 heterocycles. The van der Waals surface area contributed by atoms with Crippen molar-refractivity contribution in [3.05, 3.63) is 64.2 Å². The van der Waals surface area contributed by atoms with Crippen LogP contribution in [0.15, 0.2) is 42.5 Å². The highest BCUT2D eigenvalue weighted by Crippen LogP contribution is 2.24. The summed E-state index contributed by atoms with van der Waals surface area (Å²) in [6.45, 7) is 8.92. The maximum Gasteiger partial charge on any atom is 0.0916 e. The van der Waals surface area contributed by atoms with Gasteiger partial charge in [0.05, 0.1) is 6.10 Å². The molecule has 0 amide bonds. The first kappa shape index (κ1) is 17.3. The number of hydrogen-bond donors (Lipinski definition) is 1. The number of aliphatic hydroxyl groups is 1. The molecule has 0 bridgehead atoms. The van der Waals surface area contributed by atoms with Crippen LogP contribution < -0.4 is 4.90 Å². The van der Waals surface area contributed by atoms with E-state index in [1.807, 2.05) is 24.3 Å². The monoisotopic (exact) mass is 344 g/mol. The lowest BCUT2D eigenvalue weighted by Gasteiger charge is -2.37. The molecule has 24 heavy (non-hydrogen) atoms. The molecule has 2 aromatic carbocycles. The fourth-order valence-electron chi connectivity index (χ4n) is 3.27. The first-order valence-electron chi connectivity index (χ1n) is 8.51. The van der Waals surface area contributed by atoms with E-state index in [0.29, 0.717) is 11.6 Å². The Balaban J connectivity index is 1.57. The van der Waals surface area contributed by atoms with Crippen LogP contribution in [0.1, 0.15) is 22.8 Å². The molecular formula is C20H25ClN2O. The molecule has 1 unspecified atom stereocenters. The Hall–Kier alpha value is -1.55. The van der Waals surface area contributed by atoms with Crippen molar-refractivity contribution in [2.24, 2.45) is 0 Å². The minimum Gasteiger partial charge on any atom is -0.387 e. The van der Waals surface area contributed by atoms with Crippen molar-refractivity contribution in [2.45, 2.75) is 20.0 Å². The average molecular weight is 345 g/mol. The highest BCUT2D eigenvalue weighted by Gasteiger charge is 2.21. The van der Waals surface area contributed by atoms with Crippen LogP contribution >= 0.6 is 11.6 Å². The van der Waals surface area contributed by atoms with Gasteiger partial charge in [0.15, 0.2) is 0 Å². The Morgan fingerprint density at radius 1 is 1.00 bits per heavy atom. The molecular weight excluding hydrogens is 320 g/mol. The van der Waals surface area contributed by atoms with Crippen LogP contribution in [0.4, 0.5) is 5.69 Å². The van der Waals surface area contributed by atoms with E-state index in [9.17, 15) is 5.11 Å². The first-order valence-corrected chi connectivity index (χ1v) is 8.89. The number of piperazine rings is 1. The molecule has 4 heteroatoms. The van der Waals surface area contributed by atoms with Gasteiger partial charge in [-0.05, 0) is 48.7 Å². The van der Waals surface area contributed by atoms with E-state index in [4.69, 9.17) is 11.6 Å². The highest BCUT2D eigenvalue weighted by atomic mass is 35.5. The lowest BCUT2D eigenvalue weighted by Crippen LogP contribution is -2.47. The van der Waals surface area contributed by atoms with Crippen LogP contribution in [-0.2, 0) is 0 Å². The summed E-state index contributed by atoms with van der Waals surface area (Å²) < 4.78 is 0. The molecule has 1 aliphatic rings. The summed E-state index contributed by atoms with van der Waals surface area (Å²) in [5.74, 6) is 0. The molecule has 1 fully saturated rings. The van der Waals surface area contributed by atoms with Crippen LogP contribution in [0.3, 0.4) is 0 Å². The molecule has 1 N–H and O–H groups in total. The molecule has 1 atom stereocenters. The smallest absolute Gasteiger partial charge is 0.0916 e. The fourth-order valence-corrected chi connectivity index (χ4v) is 3.39. The van der Waals surface area contributed by atoms with E-state index in [1.54, 1.807) is 0 Å². The molecule has 128 valence electrons. The normalized spacial score (nSPS) is 17.1. The van der Waals surface area contributed by atoms with E-state index in [2.05, 4.69) is 41.8 Å². The van der Waals surface area contributed by atoms with Crippen LogP contribution in [0.2, 0.25) is 5.02 Å². The van der Waals surface area contributed by atoms with Crippen LogP contribution in [-0.4, -0.2) is 42.7 Å². The maximum atomic E-state index is 10.4. The third kappa shape index (κ3) is 4.10. The minimum atomic E-state index is -0.463. The van der Waals surface area contributed by atoms with Crippen molar-refractivity contribution in [2.75, 3.05) is 37.6 Å². The van der Waals surface area contributed by atoms with Crippen LogP contribution in [0, 0.1) is 13.8 Å². The molecule has 1 saturated heterocycles. The van der Waals surface area contributed by atoms with Gasteiger partial charge in [0.1, 0.15) is 0 Å². The zero-order valence-electron chi connectivity index (χ0n) is 14.4. The van der Waals surface area contributed by atoms with Gasteiger partial charge in [-0.3, -0.25) is 4.90 Å². The van der Waals surface area contributed by atoms with Crippen molar-refractivity contribution in [1.82, 2.24) is 4.90 Å². The molecule has 0 aromatic heterocycles. The Kier molecular flexibility index (Phi) is 5.44. The SMILES string of the molecule is Cc1ccc(C)c(N2CCN(CC(O)c3ccc(Cl)cc3)CC2)c1. The van der Waals surface area contributed by atoms with Crippen molar-refractivity contribution >= 4 is 17.3 Å². The van der Waals surface area contributed by atoms with Gasteiger partial charge >= 0.3 is 0 Å². The summed E-state index contributed by atoms with van der Waals surface area (Å²) in [6.07, 6.45) is -0.463. The van der Waals surface area contributed by atoms with E-state index in [1.165, 1.54) is 16.8 Å². The number of rotatable bonds is 4. The summed E-state index contributed by atoms with van der Waals surface area (Å²) in [6, 6.07) is 14.1. The number of nitrogens with zero attached hydrogens (tertiary/aromatic N) is 2. The summed E-state index contributed by atoms with van der Waals surface area (Å²) in [5.41, 5.74) is 4.90. The maximum absolute atomic E-state index is 10.4. The van der Waals surface area contributed by atoms with Gasteiger partial charge in [-0.15, -0.1) is 0 Å². The standard InChI is InChI=1S/C20H25ClN2O/c1-15-3-4-16(2)19(13-15)23-11-9-22(10-12-23)14-20(24)17-5-7-18(21)8-6-17/h3-8,13,20,24H,9-12,14H2,1-2H3. The van der Waals surface area contributed by atoms with Crippen LogP contribution in [0.25, 0.3) is 0 Å². The molecule has 3 nitrogen and oxygen atoms in total. The summed E-state index contributed by atoms with van der Waals surface area (Å²) >= 11 is 5.91. The van der Waals surface area contributed by atoms with E-state index in [-0.39, 0.29) is 0 Å². The molecule has 2 aromatic rings. The summed E-state index contributed by atoms with van der Waals surface area (Å²) in [5, 5.41) is 11.1. The number of anilines is 1. The second-order valence-corrected chi connectivity index (χ2v) is 7.08. The Morgan fingerprint density at radius 3 is 2.33 bits per heavy atom. The molecule has 1 aliphatic heterocycles. The molecule has 0 aliphatic carbocycles. The quantitative estimate of drug-likeness (QED) is 0.913. The van der Waals surface area contributed by atoms with E-state index in [0.717, 1.165) is 31.7 Å². The molecule has 0 spiro atoms. The fraction of sp³-hybridized carbons (Fsp3) is 0.400. The predicted molar refractivity (Wildman–Crippen MR) is 101 cm³/mol. The van der Waals surface area contributed by atoms with Gasteiger partial charge < -0.3 is 10.0 Å². The second-order valence-electron chi connectivity index (χ2n) is 6.64. The highest BCUT2D eigenvalue weighted by molar-refractivity contribution is 6.30. The van der Waals surface area contributed by atoms with Gasteiger partial charge in [0.2, 0.25) is 0 Å². The van der Waals surface area contributed by atoms with Gasteiger partial charge in [-0.2, -0.15) is 0 Å². The first-order chi connectivity index (χ1) is 11.5. The third-order valence-electron chi connectivity index (χ3n) is 4.76. The van der Waals surface area contributed by atoms with E-state index >= 15 is 0 Å². The lowest BCUT2D eigenvalue weighted by atomic mass is 10.1. The van der Waals surface area contributed by atoms with Gasteiger partial charge in [0.25, 0.3) is 0 Å². The molecule has 0 radical (unpaired) electrons. The molecule has 3 rings (SSSR count). The van der Waals surface area contributed by atoms with Crippen molar-refractivity contribution < 1.29 is 5.11 Å². The van der Waals surface area contributed by atoms with Crippen LogP contribution in [0.5, 0.6) is 0 Å². The zero-order chi connectivity index (χ0) is 17.1. The number of aliphatic hydroxyl groups excluding tert-OH is 1. The third-order valence-corrected chi connectivity index (χ3v) is 5.02. The second kappa shape index (κ2) is 7.56. The van der Waals surface area contributed by atoms with Gasteiger partial charge in [0, 0.05) is 43.4 Å². The minimum absolute atomic E-state index is 0.463. The Bertz CT molecular complexity index is 679. The van der Waals surface area contributed by atoms with E-state index < -0.39 is 6.10 Å². The van der Waals surface area contributed by atoms with Gasteiger partial charge in [-0.1, -0.05) is 35.9 Å². The predicted octanol–water partition coefficient (Wildman–Crippen LogP) is 3.81. The number of aryl methyl sites for hydroxylation is 2. The number of hydrogen-bond acceptors (Lipinski definition) is 3. The lowest BCUT2D eigenvalue weighted by molar-refractivity contribution is 0.109. The summed E-state index contributed by atoms with van der Waals surface area (Å²) in [4.78, 5) is 4.79. The topological polar surface area (TPSA) is 26.7 Å². The number of benzene rings is 2. The van der Waals surface area contributed by atoms with Gasteiger partial charge in [-0.25, -0.2) is 0 Å². The largest absolute Gasteiger partial charge is 0.387 e. The number of halogens is 1. The Labute approximate surface area is 149 Å². The van der Waals surface area contributed by atoms with Crippen molar-refractivity contribution in [3.63, 3.8) is 0 Å². The summed E-state index contributed by atoms with van der Waals surface area (Å²) in [7, 11) is 0. The van der Waals surface area contributed by atoms with Crippen molar-refractivity contribution in [1.29, 1.82) is 0 Å². The number of β-amino-alcohol motifs (C(OH)–C–C–N with tert-alkyl or cyclic N) is 1.